The summed E-state index contributed by atoms with van der Waals surface area (Å²) in [6, 6.07) is 0. The molecule has 2 N–H and O–H groups in total. The molecule has 0 aliphatic rings. The molecule has 10 heavy (non-hydrogen) atoms. The summed E-state index contributed by atoms with van der Waals surface area (Å²) in [5.41, 5.74) is 0. The van der Waals surface area contributed by atoms with Crippen LogP contribution in [0.5, 0.6) is 0 Å². The van der Waals surface area contributed by atoms with Gasteiger partial charge in [0.2, 0.25) is 10.0 Å². The fourth-order valence-corrected chi connectivity index (χ4v) is 1.01. The molecule has 0 saturated heterocycles. The van der Waals surface area contributed by atoms with Crippen LogP contribution in [0.3, 0.4) is 0 Å². The number of aliphatic hydroxyl groups is 1. The van der Waals surface area contributed by atoms with Gasteiger partial charge in [-0.25, -0.2) is 13.1 Å². The maximum absolute atomic E-state index is 10.7. The van der Waals surface area contributed by atoms with Crippen LogP contribution in [0.2, 0.25) is 0 Å². The summed E-state index contributed by atoms with van der Waals surface area (Å²) in [5.74, 6) is 0.0818. The summed E-state index contributed by atoms with van der Waals surface area (Å²) >= 11 is 0. The normalized spacial score (nSPS) is 11.8. The topological polar surface area (TPSA) is 66.4 Å². The zero-order valence-corrected chi connectivity index (χ0v) is 6.69. The fraction of sp³-hybridized carbons (Fsp3) is 0.800. The Hall–Kier alpha value is -0.130. The smallest absolute Gasteiger partial charge is 0.211 e. The van der Waals surface area contributed by atoms with Crippen LogP contribution in [0.15, 0.2) is 0 Å². The second-order valence-corrected chi connectivity index (χ2v) is 3.86. The molecule has 0 bridgehead atoms. The molecular weight excluding hydrogens is 154 g/mol. The molecule has 0 fully saturated rings. The van der Waals surface area contributed by atoms with Gasteiger partial charge in [0.15, 0.2) is 0 Å². The number of aliphatic hydroxyl groups excluding tert-OH is 1. The van der Waals surface area contributed by atoms with E-state index in [-0.39, 0.29) is 12.3 Å². The minimum absolute atomic E-state index is 0.0818. The molecular formula is C5H12NO3S. The predicted octanol–water partition coefficient (Wildman–Crippen LogP) is -0.150. The van der Waals surface area contributed by atoms with Crippen molar-refractivity contribution in [3.63, 3.8) is 0 Å². The first-order valence-corrected chi connectivity index (χ1v) is 4.71. The van der Waals surface area contributed by atoms with E-state index < -0.39 is 10.0 Å². The fourth-order valence-electron chi connectivity index (χ4n) is 0.381. The summed E-state index contributed by atoms with van der Waals surface area (Å²) in [7, 11) is -3.07. The van der Waals surface area contributed by atoms with Gasteiger partial charge in [0.05, 0.1) is 12.4 Å². The third-order valence-corrected chi connectivity index (χ3v) is 2.38. The quantitative estimate of drug-likeness (QED) is 0.558. The number of hydrogen-bond donors (Lipinski definition) is 2. The highest BCUT2D eigenvalue weighted by Gasteiger charge is 2.03. The van der Waals surface area contributed by atoms with E-state index in [1.54, 1.807) is 6.92 Å². The number of sulfonamides is 1. The molecule has 0 rings (SSSR count). The largest absolute Gasteiger partial charge is 0.390 e. The van der Waals surface area contributed by atoms with E-state index in [4.69, 9.17) is 5.11 Å². The molecule has 0 aliphatic carbocycles. The molecule has 0 unspecified atom stereocenters. The first kappa shape index (κ1) is 9.87. The van der Waals surface area contributed by atoms with Crippen molar-refractivity contribution in [3.8, 4) is 0 Å². The van der Waals surface area contributed by atoms with Crippen molar-refractivity contribution < 1.29 is 13.5 Å². The molecule has 5 heteroatoms. The van der Waals surface area contributed by atoms with Gasteiger partial charge < -0.3 is 5.11 Å². The maximum atomic E-state index is 10.7. The zero-order chi connectivity index (χ0) is 8.04. The van der Waals surface area contributed by atoms with Crippen LogP contribution in [0.25, 0.3) is 0 Å². The minimum Gasteiger partial charge on any atom is -0.390 e. The molecule has 0 aromatic heterocycles. The van der Waals surface area contributed by atoms with E-state index in [1.807, 2.05) is 0 Å². The summed E-state index contributed by atoms with van der Waals surface area (Å²) < 4.78 is 23.6. The molecule has 0 aromatic rings. The lowest BCUT2D eigenvalue weighted by Crippen LogP contribution is -2.26. The molecule has 0 aliphatic heterocycles. The van der Waals surface area contributed by atoms with E-state index in [1.165, 1.54) is 0 Å². The summed E-state index contributed by atoms with van der Waals surface area (Å²) in [6.07, 6.45) is 0.346. The van der Waals surface area contributed by atoms with Crippen molar-refractivity contribution in [3.05, 3.63) is 6.61 Å². The van der Waals surface area contributed by atoms with Gasteiger partial charge in [0.25, 0.3) is 0 Å². The number of nitrogens with one attached hydrogen (secondary N) is 1. The third-order valence-electron chi connectivity index (χ3n) is 0.975. The van der Waals surface area contributed by atoms with Crippen LogP contribution in [-0.4, -0.2) is 25.8 Å². The second kappa shape index (κ2) is 4.65. The molecule has 1 radical (unpaired) electrons. The van der Waals surface area contributed by atoms with Gasteiger partial charge in [-0.05, 0) is 13.3 Å². The Morgan fingerprint density at radius 2 is 2.20 bits per heavy atom. The predicted molar refractivity (Wildman–Crippen MR) is 38.3 cm³/mol. The van der Waals surface area contributed by atoms with Gasteiger partial charge in [0, 0.05) is 6.54 Å². The lowest BCUT2D eigenvalue weighted by atomic mass is 10.5. The van der Waals surface area contributed by atoms with Gasteiger partial charge in [-0.1, -0.05) is 0 Å². The van der Waals surface area contributed by atoms with E-state index >= 15 is 0 Å². The highest BCUT2D eigenvalue weighted by atomic mass is 32.2. The average molecular weight is 166 g/mol. The molecule has 0 amide bonds. The molecule has 0 aromatic carbocycles. The molecule has 61 valence electrons. The van der Waals surface area contributed by atoms with Crippen molar-refractivity contribution in [2.24, 2.45) is 0 Å². The van der Waals surface area contributed by atoms with E-state index in [2.05, 4.69) is 4.72 Å². The Morgan fingerprint density at radius 3 is 2.60 bits per heavy atom. The van der Waals surface area contributed by atoms with Gasteiger partial charge >= 0.3 is 0 Å². The standard InChI is InChI=1S/C5H12NO3S/c1-2-10(8,9)6-4-3-5-7/h5-7H,2-4H2,1H3. The molecule has 0 heterocycles. The molecule has 0 spiro atoms. The third kappa shape index (κ3) is 4.72. The summed E-state index contributed by atoms with van der Waals surface area (Å²) in [5, 5.41) is 8.18. The minimum atomic E-state index is -3.07. The van der Waals surface area contributed by atoms with Crippen molar-refractivity contribution in [1.29, 1.82) is 0 Å². The lowest BCUT2D eigenvalue weighted by molar-refractivity contribution is 0.375. The highest BCUT2D eigenvalue weighted by molar-refractivity contribution is 7.89. The first-order chi connectivity index (χ1) is 4.62. The highest BCUT2D eigenvalue weighted by Crippen LogP contribution is 1.84. The Bertz CT molecular complexity index is 164. The average Bonchev–Trinajstić information content (AvgIpc) is 1.89. The van der Waals surface area contributed by atoms with E-state index in [0.29, 0.717) is 6.42 Å². The summed E-state index contributed by atoms with van der Waals surface area (Å²) in [6.45, 7) is 2.76. The van der Waals surface area contributed by atoms with Crippen LogP contribution in [0.1, 0.15) is 13.3 Å². The first-order valence-electron chi connectivity index (χ1n) is 3.05. The second-order valence-electron chi connectivity index (χ2n) is 1.77. The zero-order valence-electron chi connectivity index (χ0n) is 5.87. The van der Waals surface area contributed by atoms with Crippen LogP contribution < -0.4 is 4.72 Å². The van der Waals surface area contributed by atoms with Gasteiger partial charge in [-0.2, -0.15) is 0 Å². The molecule has 0 atom stereocenters. The number of hydrogen-bond acceptors (Lipinski definition) is 3. The van der Waals surface area contributed by atoms with Crippen LogP contribution in [0.4, 0.5) is 0 Å². The van der Waals surface area contributed by atoms with Gasteiger partial charge in [0.1, 0.15) is 0 Å². The van der Waals surface area contributed by atoms with Crippen LogP contribution in [-0.2, 0) is 10.0 Å². The lowest BCUT2D eigenvalue weighted by Gasteiger charge is -2.00. The van der Waals surface area contributed by atoms with Crippen LogP contribution >= 0.6 is 0 Å². The van der Waals surface area contributed by atoms with Crippen molar-refractivity contribution in [2.45, 2.75) is 13.3 Å². The Morgan fingerprint density at radius 1 is 1.60 bits per heavy atom. The van der Waals surface area contributed by atoms with Crippen molar-refractivity contribution in [1.82, 2.24) is 4.72 Å². The van der Waals surface area contributed by atoms with Crippen molar-refractivity contribution in [2.75, 3.05) is 12.3 Å². The van der Waals surface area contributed by atoms with E-state index in [0.717, 1.165) is 6.61 Å². The monoisotopic (exact) mass is 166 g/mol. The van der Waals surface area contributed by atoms with Gasteiger partial charge in [-0.15, -0.1) is 0 Å². The number of rotatable bonds is 5. The summed E-state index contributed by atoms with van der Waals surface area (Å²) in [4.78, 5) is 0. The van der Waals surface area contributed by atoms with Crippen molar-refractivity contribution >= 4 is 10.0 Å². The Balaban J connectivity index is 3.49. The Kier molecular flexibility index (Phi) is 4.59. The van der Waals surface area contributed by atoms with Gasteiger partial charge in [-0.3, -0.25) is 0 Å². The maximum Gasteiger partial charge on any atom is 0.211 e. The van der Waals surface area contributed by atoms with Crippen LogP contribution in [0, 0.1) is 6.61 Å². The molecule has 0 saturated carbocycles. The SMILES string of the molecule is CCS(=O)(=O)NCC[CH]O. The Labute approximate surface area is 61.3 Å². The molecule has 4 nitrogen and oxygen atoms in total. The van der Waals surface area contributed by atoms with E-state index in [9.17, 15) is 8.42 Å².